The third-order valence-corrected chi connectivity index (χ3v) is 13.9. The van der Waals surface area contributed by atoms with E-state index in [1.165, 1.54) is 10.8 Å². The number of rotatable bonds is 5. The molecule has 0 N–H and O–H groups in total. The summed E-state index contributed by atoms with van der Waals surface area (Å²) < 4.78 is 68.4. The van der Waals surface area contributed by atoms with Gasteiger partial charge in [-0.3, -0.25) is 0 Å². The van der Waals surface area contributed by atoms with E-state index in [-0.39, 0.29) is 22.3 Å². The molecule has 5 heterocycles. The van der Waals surface area contributed by atoms with Crippen molar-refractivity contribution in [3.63, 3.8) is 0 Å². The topological polar surface area (TPSA) is 41.3 Å². The number of pyridine rings is 1. The first kappa shape index (κ1) is 31.1. The molecule has 12 rings (SSSR count). The summed E-state index contributed by atoms with van der Waals surface area (Å²) in [7, 11) is 2.01. The Hall–Kier alpha value is -6.75. The van der Waals surface area contributed by atoms with Crippen LogP contribution in [0.1, 0.15) is 45.7 Å². The van der Waals surface area contributed by atoms with Crippen molar-refractivity contribution in [2.45, 2.75) is 39.9 Å². The Morgan fingerprint density at radius 2 is 1.27 bits per heavy atom. The van der Waals surface area contributed by atoms with E-state index in [1.807, 2.05) is 66.2 Å². The van der Waals surface area contributed by atoms with E-state index in [1.54, 1.807) is 24.4 Å². The van der Waals surface area contributed by atoms with Crippen LogP contribution >= 0.6 is 0 Å². The van der Waals surface area contributed by atoms with Crippen LogP contribution in [0.4, 0.5) is 0 Å². The molecule has 12 aromatic rings. The predicted molar refractivity (Wildman–Crippen MR) is 252 cm³/mol. The molecule has 6 nitrogen and oxygen atoms in total. The molecule has 0 atom stereocenters. The van der Waals surface area contributed by atoms with E-state index in [2.05, 4.69) is 126 Å². The Bertz CT molecular complexity index is 4110. The van der Waals surface area contributed by atoms with Gasteiger partial charge in [0.15, 0.2) is 0 Å². The Kier molecular flexibility index (Phi) is 6.72. The fourth-order valence-corrected chi connectivity index (χ4v) is 10.4. The molecule has 0 spiro atoms. The summed E-state index contributed by atoms with van der Waals surface area (Å²) in [5, 5.41) is 6.42. The second kappa shape index (κ2) is 13.4. The molecule has 0 saturated heterocycles. The Labute approximate surface area is 378 Å². The van der Waals surface area contributed by atoms with Gasteiger partial charge in [-0.1, -0.05) is 81.4 Å². The number of hydrogen-bond donors (Lipinski definition) is 0. The van der Waals surface area contributed by atoms with E-state index in [4.69, 9.17) is 17.9 Å². The third-order valence-electron chi connectivity index (χ3n) is 12.6. The van der Waals surface area contributed by atoms with Crippen LogP contribution in [0.25, 0.3) is 93.6 Å². The summed E-state index contributed by atoms with van der Waals surface area (Å²) >= 11 is 2.29. The molecule has 0 bridgehead atoms. The second-order valence-corrected chi connectivity index (χ2v) is 18.3. The van der Waals surface area contributed by atoms with Crippen LogP contribution in [0.15, 0.2) is 152 Å². The fraction of sp³-hybridized carbons (Fsp3) is 0.127. The summed E-state index contributed by atoms with van der Waals surface area (Å²) in [6.07, 6.45) is 1.67. The standard InChI is InChI=1S/C55H43N5O.Pt/c1-33-18-23-37(58-32-57(6)47-16-9-10-17-48(47)58)27-52(33)61-38-24-25-40-43-29-44-42-14-11-13-41-39-12-7-8-15-46(39)60(54(41)42)51(44)30-50(43)59(49(40)28-38)53-26-34(2)45(31-56-53)35-19-21-36(22-20-35)55(3,4)5;/h7-31H,1-6H3;/i1D3,2D3;. The van der Waals surface area contributed by atoms with Crippen molar-refractivity contribution in [3.05, 3.63) is 172 Å². The smallest absolute Gasteiger partial charge is 0.0620 e. The summed E-state index contributed by atoms with van der Waals surface area (Å²) in [6, 6.07) is 48.1. The summed E-state index contributed by atoms with van der Waals surface area (Å²) in [4.78, 5) is 5.08. The molecule has 7 heteroatoms. The first-order valence-electron chi connectivity index (χ1n) is 23.7. The van der Waals surface area contributed by atoms with Gasteiger partial charge in [0.25, 0.3) is 0 Å². The van der Waals surface area contributed by atoms with Gasteiger partial charge in [-0.15, -0.1) is 0 Å². The van der Waals surface area contributed by atoms with Crippen LogP contribution in [0.2, 0.25) is 0 Å². The molecule has 0 saturated carbocycles. The predicted octanol–water partition coefficient (Wildman–Crippen LogP) is 14.1. The van der Waals surface area contributed by atoms with Gasteiger partial charge in [-0.25, -0.2) is 0 Å². The van der Waals surface area contributed by atoms with E-state index in [9.17, 15) is 0 Å². The summed E-state index contributed by atoms with van der Waals surface area (Å²) in [5.74, 6) is 1.03. The van der Waals surface area contributed by atoms with Crippen LogP contribution in [-0.2, 0) is 31.8 Å². The van der Waals surface area contributed by atoms with Crippen LogP contribution in [0.3, 0.4) is 0 Å². The number of ether oxygens (including phenoxy) is 1. The van der Waals surface area contributed by atoms with Crippen LogP contribution in [-0.4, -0.2) is 23.1 Å². The molecule has 62 heavy (non-hydrogen) atoms. The minimum absolute atomic E-state index is 0.0710. The minimum atomic E-state index is -2.47. The molecule has 0 unspecified atom stereocenters. The van der Waals surface area contributed by atoms with Gasteiger partial charge in [0.2, 0.25) is 0 Å². The van der Waals surface area contributed by atoms with E-state index >= 15 is 0 Å². The van der Waals surface area contributed by atoms with Crippen molar-refractivity contribution < 1.29 is 32.3 Å². The number of aromatic nitrogens is 5. The van der Waals surface area contributed by atoms with Crippen LogP contribution in [0, 0.1) is 17.5 Å². The Balaban J connectivity index is 1.10. The maximum absolute atomic E-state index is 8.84. The van der Waals surface area contributed by atoms with Gasteiger partial charge in [-0.2, -0.15) is 0 Å². The number of para-hydroxylation sites is 4. The Morgan fingerprint density at radius 3 is 2.06 bits per heavy atom. The molecule has 0 radical (unpaired) electrons. The average molecular weight is 991 g/mol. The van der Waals surface area contributed by atoms with E-state index in [0.717, 1.165) is 75.3 Å². The maximum Gasteiger partial charge on any atom is 0.0620 e. The molecule has 0 fully saturated rings. The van der Waals surface area contributed by atoms with Crippen LogP contribution in [0.5, 0.6) is 11.5 Å². The van der Waals surface area contributed by atoms with Gasteiger partial charge in [0.1, 0.15) is 0 Å². The van der Waals surface area contributed by atoms with Gasteiger partial charge >= 0.3 is 205 Å². The van der Waals surface area contributed by atoms with Crippen molar-refractivity contribution >= 4 is 70.9 Å². The summed E-state index contributed by atoms with van der Waals surface area (Å²) in [6.45, 7) is 1.51. The third kappa shape index (κ3) is 5.39. The SMILES string of the molecule is [2H]C([2H])([2H])c1ccc(-n2[c](=[Pt])n(C)c3ccccc32)cc1Oc1ccc2c3cc4c5cccc6c7ccccc7n(c4cc3n(-c3cc(C([2H])([2H])[2H])c(-c4ccc(C(C)(C)C)cc4)cn3)c2c1)c65. The average Bonchev–Trinajstić information content (AvgIpc) is 4.01. The largest absolute Gasteiger partial charge is 0.0620 e. The maximum atomic E-state index is 8.84. The van der Waals surface area contributed by atoms with Crippen molar-refractivity contribution in [1.82, 2.24) is 23.1 Å². The zero-order valence-electron chi connectivity index (χ0n) is 40.4. The molecule has 0 aliphatic heterocycles. The number of imidazole rings is 1. The first-order chi connectivity index (χ1) is 32.5. The Morgan fingerprint density at radius 1 is 0.581 bits per heavy atom. The van der Waals surface area contributed by atoms with Crippen molar-refractivity contribution in [2.75, 3.05) is 0 Å². The van der Waals surface area contributed by atoms with Crippen LogP contribution < -0.4 is 4.74 Å². The zero-order chi connectivity index (χ0) is 47.2. The van der Waals surface area contributed by atoms with Crippen molar-refractivity contribution in [3.8, 4) is 34.1 Å². The molecule has 7 aromatic carbocycles. The molecule has 0 amide bonds. The monoisotopic (exact) mass is 990 g/mol. The second-order valence-electron chi connectivity index (χ2n) is 17.3. The van der Waals surface area contributed by atoms with Crippen molar-refractivity contribution in [2.24, 2.45) is 7.05 Å². The molecule has 0 aliphatic rings. The zero-order valence-corrected chi connectivity index (χ0v) is 36.7. The minimum Gasteiger partial charge on any atom is 0.0620 e. The molecular formula is C55H43N5OPt. The van der Waals surface area contributed by atoms with Crippen molar-refractivity contribution in [1.29, 1.82) is 0 Å². The molecule has 0 aliphatic carbocycles. The normalized spacial score (nSPS) is 14.3. The van der Waals surface area contributed by atoms with Gasteiger partial charge in [-0.05, 0) is 35.0 Å². The molecule has 5 aromatic heterocycles. The number of aryl methyl sites for hydroxylation is 3. The quantitative estimate of drug-likeness (QED) is 0.172. The van der Waals surface area contributed by atoms with Gasteiger partial charge in [0, 0.05) is 37.4 Å². The van der Waals surface area contributed by atoms with E-state index in [0.29, 0.717) is 22.6 Å². The molecule has 304 valence electrons. The molecular weight excluding hydrogens is 942 g/mol. The number of nitrogens with zero attached hydrogens (tertiary/aromatic N) is 5. The first-order valence-corrected chi connectivity index (χ1v) is 21.8. The van der Waals surface area contributed by atoms with Gasteiger partial charge < -0.3 is 4.40 Å². The number of benzene rings is 7. The van der Waals surface area contributed by atoms with Gasteiger partial charge in [0.05, 0.1) is 16.6 Å². The summed E-state index contributed by atoms with van der Waals surface area (Å²) in [5.41, 5.74) is 10.2. The number of fused-ring (bicyclic) bond motifs is 10. The van der Waals surface area contributed by atoms with E-state index < -0.39 is 13.7 Å². The number of hydrogen-bond acceptors (Lipinski definition) is 2. The fourth-order valence-electron chi connectivity index (χ4n) is 9.55.